The SMILES string of the molecule is CCOc1ccc(N2C(=O)/C(=C\c3ccc(OC)c(OC)c3)N=C2c2ccc(F)cc2)cc1. The fourth-order valence-electron chi connectivity index (χ4n) is 3.51. The van der Waals surface area contributed by atoms with Crippen LogP contribution in [0.15, 0.2) is 77.4 Å². The Morgan fingerprint density at radius 1 is 0.939 bits per heavy atom. The van der Waals surface area contributed by atoms with Gasteiger partial charge in [-0.15, -0.1) is 0 Å². The van der Waals surface area contributed by atoms with Crippen molar-refractivity contribution in [1.82, 2.24) is 0 Å². The molecule has 3 aromatic carbocycles. The standard InChI is InChI=1S/C26H23FN2O4/c1-4-33-21-12-10-20(11-13-21)29-25(18-6-8-19(27)9-7-18)28-22(26(29)30)15-17-5-14-23(31-2)24(16-17)32-3/h5-16H,4H2,1-3H3/b22-15+. The first-order chi connectivity index (χ1) is 16.0. The van der Waals surface area contributed by atoms with E-state index < -0.39 is 0 Å². The lowest BCUT2D eigenvalue weighted by atomic mass is 10.1. The molecular formula is C26H23FN2O4. The molecular weight excluding hydrogens is 423 g/mol. The molecule has 7 heteroatoms. The molecule has 0 saturated carbocycles. The first-order valence-corrected chi connectivity index (χ1v) is 10.4. The third-order valence-electron chi connectivity index (χ3n) is 5.08. The minimum Gasteiger partial charge on any atom is -0.494 e. The van der Waals surface area contributed by atoms with Crippen molar-refractivity contribution in [1.29, 1.82) is 0 Å². The molecule has 0 saturated heterocycles. The van der Waals surface area contributed by atoms with E-state index in [0.29, 0.717) is 40.9 Å². The van der Waals surface area contributed by atoms with E-state index in [1.54, 1.807) is 68.8 Å². The Hall–Kier alpha value is -4.13. The van der Waals surface area contributed by atoms with Gasteiger partial charge in [0.2, 0.25) is 0 Å². The highest BCUT2D eigenvalue weighted by molar-refractivity contribution is 6.33. The lowest BCUT2D eigenvalue weighted by Gasteiger charge is -2.19. The summed E-state index contributed by atoms with van der Waals surface area (Å²) in [5.74, 6) is 1.59. The van der Waals surface area contributed by atoms with Crippen molar-refractivity contribution in [3.63, 3.8) is 0 Å². The molecule has 168 valence electrons. The Balaban J connectivity index is 1.77. The third-order valence-corrected chi connectivity index (χ3v) is 5.08. The van der Waals surface area contributed by atoms with Crippen LogP contribution in [0.2, 0.25) is 0 Å². The van der Waals surface area contributed by atoms with Crippen molar-refractivity contribution in [3.8, 4) is 17.2 Å². The van der Waals surface area contributed by atoms with E-state index >= 15 is 0 Å². The number of amides is 1. The summed E-state index contributed by atoms with van der Waals surface area (Å²) in [6.45, 7) is 2.45. The van der Waals surface area contributed by atoms with Crippen LogP contribution in [0.1, 0.15) is 18.1 Å². The molecule has 0 atom stereocenters. The maximum absolute atomic E-state index is 13.5. The van der Waals surface area contributed by atoms with Gasteiger partial charge in [0.15, 0.2) is 11.5 Å². The number of ether oxygens (including phenoxy) is 3. The molecule has 0 spiro atoms. The van der Waals surface area contributed by atoms with Crippen LogP contribution in [0, 0.1) is 5.82 Å². The van der Waals surface area contributed by atoms with Crippen molar-refractivity contribution >= 4 is 23.5 Å². The molecule has 1 aliphatic rings. The van der Waals surface area contributed by atoms with Gasteiger partial charge in [-0.25, -0.2) is 9.38 Å². The number of hydrogen-bond donors (Lipinski definition) is 0. The van der Waals surface area contributed by atoms with Gasteiger partial charge in [0, 0.05) is 5.56 Å². The second-order valence-electron chi connectivity index (χ2n) is 7.15. The van der Waals surface area contributed by atoms with Crippen LogP contribution in [0.3, 0.4) is 0 Å². The van der Waals surface area contributed by atoms with Crippen molar-refractivity contribution in [2.45, 2.75) is 6.92 Å². The second-order valence-corrected chi connectivity index (χ2v) is 7.15. The predicted molar refractivity (Wildman–Crippen MR) is 126 cm³/mol. The summed E-state index contributed by atoms with van der Waals surface area (Å²) in [6, 6.07) is 18.4. The molecule has 0 N–H and O–H groups in total. The van der Waals surface area contributed by atoms with E-state index in [-0.39, 0.29) is 17.4 Å². The van der Waals surface area contributed by atoms with Crippen LogP contribution in [0.4, 0.5) is 10.1 Å². The van der Waals surface area contributed by atoms with E-state index in [9.17, 15) is 9.18 Å². The summed E-state index contributed by atoms with van der Waals surface area (Å²) >= 11 is 0. The topological polar surface area (TPSA) is 60.4 Å². The number of carbonyl (C=O) groups is 1. The zero-order chi connectivity index (χ0) is 23.4. The summed E-state index contributed by atoms with van der Waals surface area (Å²) in [4.78, 5) is 19.5. The Bertz CT molecular complexity index is 1220. The van der Waals surface area contributed by atoms with E-state index in [4.69, 9.17) is 14.2 Å². The fourth-order valence-corrected chi connectivity index (χ4v) is 3.51. The number of amidine groups is 1. The van der Waals surface area contributed by atoms with Gasteiger partial charge in [-0.3, -0.25) is 9.69 Å². The number of halogens is 1. The second kappa shape index (κ2) is 9.56. The van der Waals surface area contributed by atoms with Gasteiger partial charge < -0.3 is 14.2 Å². The molecule has 1 amide bonds. The van der Waals surface area contributed by atoms with Gasteiger partial charge in [-0.1, -0.05) is 6.07 Å². The fraction of sp³-hybridized carbons (Fsp3) is 0.154. The van der Waals surface area contributed by atoms with Gasteiger partial charge in [-0.05, 0) is 79.2 Å². The Labute approximate surface area is 191 Å². The molecule has 6 nitrogen and oxygen atoms in total. The van der Waals surface area contributed by atoms with Crippen molar-refractivity contribution < 1.29 is 23.4 Å². The molecule has 1 aliphatic heterocycles. The van der Waals surface area contributed by atoms with Crippen LogP contribution in [-0.2, 0) is 4.79 Å². The maximum Gasteiger partial charge on any atom is 0.282 e. The van der Waals surface area contributed by atoms with Gasteiger partial charge in [0.1, 0.15) is 23.1 Å². The smallest absolute Gasteiger partial charge is 0.282 e. The summed E-state index contributed by atoms with van der Waals surface area (Å²) in [7, 11) is 3.11. The van der Waals surface area contributed by atoms with Gasteiger partial charge >= 0.3 is 0 Å². The molecule has 0 fully saturated rings. The lowest BCUT2D eigenvalue weighted by molar-refractivity contribution is -0.113. The number of nitrogens with zero attached hydrogens (tertiary/aromatic N) is 2. The summed E-state index contributed by atoms with van der Waals surface area (Å²) in [5.41, 5.74) is 2.22. The average molecular weight is 446 g/mol. The van der Waals surface area contributed by atoms with Crippen LogP contribution in [0.5, 0.6) is 17.2 Å². The number of anilines is 1. The van der Waals surface area contributed by atoms with Crippen LogP contribution >= 0.6 is 0 Å². The highest BCUT2D eigenvalue weighted by Gasteiger charge is 2.32. The number of hydrogen-bond acceptors (Lipinski definition) is 5. The lowest BCUT2D eigenvalue weighted by Crippen LogP contribution is -2.32. The number of benzene rings is 3. The van der Waals surface area contributed by atoms with Crippen molar-refractivity contribution in [2.75, 3.05) is 25.7 Å². The average Bonchev–Trinajstić information content (AvgIpc) is 3.16. The molecule has 0 aliphatic carbocycles. The molecule has 0 aromatic heterocycles. The Morgan fingerprint density at radius 2 is 1.64 bits per heavy atom. The molecule has 3 aromatic rings. The van der Waals surface area contributed by atoms with Crippen LogP contribution in [-0.4, -0.2) is 32.6 Å². The van der Waals surface area contributed by atoms with E-state index in [2.05, 4.69) is 4.99 Å². The Morgan fingerprint density at radius 3 is 2.27 bits per heavy atom. The summed E-state index contributed by atoms with van der Waals surface area (Å²) < 4.78 is 29.7. The zero-order valence-electron chi connectivity index (χ0n) is 18.5. The number of carbonyl (C=O) groups excluding carboxylic acids is 1. The maximum atomic E-state index is 13.5. The quantitative estimate of drug-likeness (QED) is 0.475. The van der Waals surface area contributed by atoms with Gasteiger partial charge in [-0.2, -0.15) is 0 Å². The molecule has 0 radical (unpaired) electrons. The highest BCUT2D eigenvalue weighted by atomic mass is 19.1. The number of aliphatic imine (C=N–C) groups is 1. The molecule has 0 bridgehead atoms. The molecule has 4 rings (SSSR count). The van der Waals surface area contributed by atoms with E-state index in [0.717, 1.165) is 5.56 Å². The van der Waals surface area contributed by atoms with Gasteiger partial charge in [0.05, 0.1) is 26.5 Å². The number of rotatable bonds is 7. The van der Waals surface area contributed by atoms with Crippen molar-refractivity contribution in [2.24, 2.45) is 4.99 Å². The monoisotopic (exact) mass is 446 g/mol. The summed E-state index contributed by atoms with van der Waals surface area (Å²) in [5, 5.41) is 0. The third kappa shape index (κ3) is 4.57. The molecule has 1 heterocycles. The molecule has 0 unspecified atom stereocenters. The van der Waals surface area contributed by atoms with Crippen molar-refractivity contribution in [3.05, 3.63) is 89.4 Å². The van der Waals surface area contributed by atoms with Crippen LogP contribution < -0.4 is 19.1 Å². The minimum atomic E-state index is -0.364. The largest absolute Gasteiger partial charge is 0.494 e. The van der Waals surface area contributed by atoms with E-state index in [1.165, 1.54) is 17.0 Å². The molecule has 33 heavy (non-hydrogen) atoms. The first kappa shape index (κ1) is 22.1. The van der Waals surface area contributed by atoms with E-state index in [1.807, 2.05) is 13.0 Å². The zero-order valence-corrected chi connectivity index (χ0v) is 18.5. The highest BCUT2D eigenvalue weighted by Crippen LogP contribution is 2.32. The number of methoxy groups -OCH3 is 2. The van der Waals surface area contributed by atoms with Gasteiger partial charge in [0.25, 0.3) is 5.91 Å². The normalized spacial score (nSPS) is 14.4. The van der Waals surface area contributed by atoms with Crippen LogP contribution in [0.25, 0.3) is 6.08 Å². The summed E-state index contributed by atoms with van der Waals surface area (Å²) in [6.07, 6.45) is 1.68. The first-order valence-electron chi connectivity index (χ1n) is 10.4. The predicted octanol–water partition coefficient (Wildman–Crippen LogP) is 5.08. The Kier molecular flexibility index (Phi) is 6.40. The minimum absolute atomic E-state index is 0.246.